The Morgan fingerprint density at radius 1 is 0.941 bits per heavy atom. The van der Waals surface area contributed by atoms with Gasteiger partial charge in [0.1, 0.15) is 0 Å². The van der Waals surface area contributed by atoms with Gasteiger partial charge in [0.25, 0.3) is 0 Å². The van der Waals surface area contributed by atoms with Gasteiger partial charge in [-0.05, 0) is 36.2 Å². The lowest BCUT2D eigenvalue weighted by atomic mass is 9.81. The third-order valence-electron chi connectivity index (χ3n) is 6.86. The van der Waals surface area contributed by atoms with Gasteiger partial charge in [0, 0.05) is 62.7 Å². The smallest absolute Gasteiger partial charge is 0.238 e. The number of rotatable bonds is 5. The first-order valence-corrected chi connectivity index (χ1v) is 11.7. The predicted octanol–water partition coefficient (Wildman–Crippen LogP) is 2.28. The monoisotopic (exact) mass is 464 g/mol. The number of hydrogen-bond acceptors (Lipinski definition) is 5. The Kier molecular flexibility index (Phi) is 7.29. The number of amides is 3. The van der Waals surface area contributed by atoms with E-state index in [0.29, 0.717) is 37.4 Å². The first-order valence-electron chi connectivity index (χ1n) is 11.7. The topological polar surface area (TPSA) is 102 Å². The van der Waals surface area contributed by atoms with Crippen LogP contribution in [0.25, 0.3) is 0 Å². The quantitative estimate of drug-likeness (QED) is 0.630. The molecule has 0 saturated carbocycles. The van der Waals surface area contributed by atoms with Crippen LogP contribution < -0.4 is 10.6 Å². The summed E-state index contributed by atoms with van der Waals surface area (Å²) < 4.78 is 0. The molecule has 2 fully saturated rings. The largest absolute Gasteiger partial charge is 0.393 e. The second-order valence-corrected chi connectivity index (χ2v) is 9.22. The average Bonchev–Trinajstić information content (AvgIpc) is 3.05. The summed E-state index contributed by atoms with van der Waals surface area (Å²) in [4.78, 5) is 40.2. The summed E-state index contributed by atoms with van der Waals surface area (Å²) in [6.45, 7) is 4.82. The maximum atomic E-state index is 13.0. The molecule has 2 saturated heterocycles. The molecule has 0 radical (unpaired) electrons. The number of carbonyl (C=O) groups excluding carboxylic acids is 3. The van der Waals surface area contributed by atoms with Crippen LogP contribution in [0.5, 0.6) is 0 Å². The Morgan fingerprint density at radius 2 is 1.59 bits per heavy atom. The summed E-state index contributed by atoms with van der Waals surface area (Å²) in [7, 11) is 0. The molecule has 8 nitrogen and oxygen atoms in total. The SMILES string of the molecule is CC(=O)Nc1ccc(NC(=O)CN2C[C@@H](c3ccccc3)[C@@H]3[C@H](O)CCN(C(C)=O)C[C@H]32)cc1. The van der Waals surface area contributed by atoms with E-state index < -0.39 is 6.10 Å². The molecule has 0 aromatic heterocycles. The molecule has 34 heavy (non-hydrogen) atoms. The van der Waals surface area contributed by atoms with Crippen LogP contribution in [0, 0.1) is 5.92 Å². The van der Waals surface area contributed by atoms with Gasteiger partial charge in [0.05, 0.1) is 12.6 Å². The van der Waals surface area contributed by atoms with E-state index in [4.69, 9.17) is 0 Å². The van der Waals surface area contributed by atoms with Crippen molar-refractivity contribution in [3.05, 3.63) is 60.2 Å². The highest BCUT2D eigenvalue weighted by Gasteiger charge is 2.48. The number of hydrogen-bond donors (Lipinski definition) is 3. The van der Waals surface area contributed by atoms with Gasteiger partial charge in [0.2, 0.25) is 17.7 Å². The Bertz CT molecular complexity index is 1030. The van der Waals surface area contributed by atoms with Gasteiger partial charge in [0.15, 0.2) is 0 Å². The van der Waals surface area contributed by atoms with Crippen LogP contribution in [0.2, 0.25) is 0 Å². The van der Waals surface area contributed by atoms with Gasteiger partial charge in [-0.25, -0.2) is 0 Å². The predicted molar refractivity (Wildman–Crippen MR) is 130 cm³/mol. The fourth-order valence-corrected chi connectivity index (χ4v) is 5.30. The molecule has 3 N–H and O–H groups in total. The molecule has 0 bridgehead atoms. The number of aliphatic hydroxyl groups excluding tert-OH is 1. The van der Waals surface area contributed by atoms with E-state index in [2.05, 4.69) is 27.7 Å². The normalized spacial score (nSPS) is 24.7. The molecule has 180 valence electrons. The number of aliphatic hydroxyl groups is 1. The molecule has 0 spiro atoms. The highest BCUT2D eigenvalue weighted by molar-refractivity contribution is 5.93. The molecular weight excluding hydrogens is 432 g/mol. The fraction of sp³-hybridized carbons (Fsp3) is 0.423. The second kappa shape index (κ2) is 10.4. The third-order valence-corrected chi connectivity index (χ3v) is 6.86. The Labute approximate surface area is 199 Å². The van der Waals surface area contributed by atoms with Gasteiger partial charge in [-0.2, -0.15) is 0 Å². The van der Waals surface area contributed by atoms with E-state index in [1.165, 1.54) is 6.92 Å². The molecule has 4 rings (SSSR count). The summed E-state index contributed by atoms with van der Waals surface area (Å²) in [5.41, 5.74) is 2.44. The summed E-state index contributed by atoms with van der Waals surface area (Å²) in [5, 5.41) is 16.7. The van der Waals surface area contributed by atoms with Crippen LogP contribution in [0.3, 0.4) is 0 Å². The van der Waals surface area contributed by atoms with Crippen molar-refractivity contribution in [1.29, 1.82) is 0 Å². The van der Waals surface area contributed by atoms with Crippen molar-refractivity contribution in [1.82, 2.24) is 9.80 Å². The van der Waals surface area contributed by atoms with Crippen LogP contribution in [-0.2, 0) is 14.4 Å². The van der Waals surface area contributed by atoms with Crippen molar-refractivity contribution in [3.8, 4) is 0 Å². The lowest BCUT2D eigenvalue weighted by molar-refractivity contribution is -0.129. The number of fused-ring (bicyclic) bond motifs is 1. The van der Waals surface area contributed by atoms with E-state index in [0.717, 1.165) is 5.56 Å². The molecule has 2 aliphatic heterocycles. The van der Waals surface area contributed by atoms with Crippen LogP contribution in [0.4, 0.5) is 11.4 Å². The molecule has 2 heterocycles. The van der Waals surface area contributed by atoms with Gasteiger partial charge < -0.3 is 20.6 Å². The van der Waals surface area contributed by atoms with Crippen molar-refractivity contribution >= 4 is 29.1 Å². The standard InChI is InChI=1S/C26H32N4O4/c1-17(31)27-20-8-10-21(11-9-20)28-25(34)16-30-14-22(19-6-4-3-5-7-19)26-23(30)15-29(18(2)32)13-12-24(26)33/h3-11,22-24,26,33H,12-16H2,1-2H3,(H,27,31)(H,28,34)/t22-,23+,24+,26-/m0/s1. The maximum Gasteiger partial charge on any atom is 0.238 e. The van der Waals surface area contributed by atoms with E-state index in [1.807, 2.05) is 18.2 Å². The van der Waals surface area contributed by atoms with E-state index in [9.17, 15) is 19.5 Å². The molecule has 0 aliphatic carbocycles. The molecule has 3 amide bonds. The molecule has 0 unspecified atom stereocenters. The summed E-state index contributed by atoms with van der Waals surface area (Å²) in [6, 6.07) is 17.0. The van der Waals surface area contributed by atoms with Gasteiger partial charge in [-0.3, -0.25) is 19.3 Å². The minimum atomic E-state index is -0.547. The highest BCUT2D eigenvalue weighted by atomic mass is 16.3. The number of nitrogens with one attached hydrogen (secondary N) is 2. The maximum absolute atomic E-state index is 13.0. The zero-order valence-corrected chi connectivity index (χ0v) is 19.6. The van der Waals surface area contributed by atoms with E-state index in [1.54, 1.807) is 36.1 Å². The van der Waals surface area contributed by atoms with E-state index in [-0.39, 0.29) is 42.1 Å². The lowest BCUT2D eigenvalue weighted by Crippen LogP contribution is -2.46. The average molecular weight is 465 g/mol. The van der Waals surface area contributed by atoms with Crippen LogP contribution in [0.15, 0.2) is 54.6 Å². The zero-order valence-electron chi connectivity index (χ0n) is 19.6. The first kappa shape index (κ1) is 23.9. The zero-order chi connectivity index (χ0) is 24.2. The van der Waals surface area contributed by atoms with Crippen LogP contribution in [-0.4, -0.2) is 71.0 Å². The number of likely N-dealkylation sites (tertiary alicyclic amines) is 2. The second-order valence-electron chi connectivity index (χ2n) is 9.22. The van der Waals surface area contributed by atoms with Gasteiger partial charge in [-0.15, -0.1) is 0 Å². The summed E-state index contributed by atoms with van der Waals surface area (Å²) >= 11 is 0. The minimum Gasteiger partial charge on any atom is -0.393 e. The van der Waals surface area contributed by atoms with Crippen molar-refractivity contribution in [2.24, 2.45) is 5.92 Å². The fourth-order valence-electron chi connectivity index (χ4n) is 5.30. The molecule has 2 aliphatic rings. The molecule has 4 atom stereocenters. The van der Waals surface area contributed by atoms with Crippen LogP contribution in [0.1, 0.15) is 31.7 Å². The Hall–Kier alpha value is -3.23. The van der Waals surface area contributed by atoms with E-state index >= 15 is 0 Å². The number of carbonyl (C=O) groups is 3. The molecule has 2 aromatic rings. The van der Waals surface area contributed by atoms with Crippen LogP contribution >= 0.6 is 0 Å². The molecule has 2 aromatic carbocycles. The number of nitrogens with zero attached hydrogens (tertiary/aromatic N) is 2. The lowest BCUT2D eigenvalue weighted by Gasteiger charge is -2.31. The Morgan fingerprint density at radius 3 is 2.21 bits per heavy atom. The number of anilines is 2. The van der Waals surface area contributed by atoms with Crippen molar-refractivity contribution < 1.29 is 19.5 Å². The molecular formula is C26H32N4O4. The minimum absolute atomic E-state index is 0.0142. The number of benzene rings is 2. The van der Waals surface area contributed by atoms with Gasteiger partial charge in [-0.1, -0.05) is 30.3 Å². The summed E-state index contributed by atoms with van der Waals surface area (Å²) in [5.74, 6) is -0.305. The van der Waals surface area contributed by atoms with Gasteiger partial charge >= 0.3 is 0 Å². The molecule has 8 heteroatoms. The summed E-state index contributed by atoms with van der Waals surface area (Å²) in [6.07, 6.45) is -0.0148. The Balaban J connectivity index is 1.51. The van der Waals surface area contributed by atoms with Crippen molar-refractivity contribution in [2.45, 2.75) is 38.3 Å². The third kappa shape index (κ3) is 5.46. The first-order chi connectivity index (χ1) is 16.3. The highest BCUT2D eigenvalue weighted by Crippen LogP contribution is 2.41. The van der Waals surface area contributed by atoms with Crippen molar-refractivity contribution in [2.75, 3.05) is 36.8 Å². The van der Waals surface area contributed by atoms with Crippen molar-refractivity contribution in [3.63, 3.8) is 0 Å².